The Bertz CT molecular complexity index is 268. The lowest BCUT2D eigenvalue weighted by molar-refractivity contribution is 0.153. The topological polar surface area (TPSA) is 26.3 Å². The monoisotopic (exact) mass is 163 g/mol. The van der Waals surface area contributed by atoms with Crippen LogP contribution in [0.4, 0.5) is 0 Å². The first-order valence-electron chi connectivity index (χ1n) is 3.75. The van der Waals surface area contributed by atoms with E-state index in [2.05, 4.69) is 0 Å². The molecule has 0 aliphatic rings. The molecule has 0 aliphatic heterocycles. The van der Waals surface area contributed by atoms with Crippen LogP contribution in [0.2, 0.25) is 0 Å². The SMILES string of the molecule is CO[C@H]([C]=O)c1ccccc1C. The molecule has 1 aromatic rings. The molecule has 0 saturated carbocycles. The Morgan fingerprint density at radius 2 is 2.08 bits per heavy atom. The molecule has 12 heavy (non-hydrogen) atoms. The molecule has 1 rings (SSSR count). The molecule has 0 bridgehead atoms. The Labute approximate surface area is 72.2 Å². The molecular formula is C10H11O2. The van der Waals surface area contributed by atoms with Gasteiger partial charge in [-0.15, -0.1) is 0 Å². The second kappa shape index (κ2) is 4.02. The van der Waals surface area contributed by atoms with Crippen LogP contribution in [0, 0.1) is 6.92 Å². The van der Waals surface area contributed by atoms with Crippen LogP contribution >= 0.6 is 0 Å². The largest absolute Gasteiger partial charge is 0.368 e. The molecule has 0 N–H and O–H groups in total. The molecule has 63 valence electrons. The van der Waals surface area contributed by atoms with Gasteiger partial charge in [-0.25, -0.2) is 0 Å². The van der Waals surface area contributed by atoms with Crippen molar-refractivity contribution in [3.63, 3.8) is 0 Å². The number of benzene rings is 1. The van der Waals surface area contributed by atoms with E-state index in [-0.39, 0.29) is 0 Å². The first kappa shape index (κ1) is 8.94. The third-order valence-corrected chi connectivity index (χ3v) is 1.81. The highest BCUT2D eigenvalue weighted by atomic mass is 16.5. The van der Waals surface area contributed by atoms with E-state index in [4.69, 9.17) is 4.74 Å². The summed E-state index contributed by atoms with van der Waals surface area (Å²) in [7, 11) is 1.50. The highest BCUT2D eigenvalue weighted by Gasteiger charge is 2.11. The van der Waals surface area contributed by atoms with Gasteiger partial charge in [-0.3, -0.25) is 4.79 Å². The molecule has 2 heteroatoms. The zero-order valence-corrected chi connectivity index (χ0v) is 7.20. The van der Waals surface area contributed by atoms with Gasteiger partial charge in [0.2, 0.25) is 6.29 Å². The summed E-state index contributed by atoms with van der Waals surface area (Å²) in [6.45, 7) is 1.94. The minimum atomic E-state index is -0.550. The molecule has 1 aromatic carbocycles. The summed E-state index contributed by atoms with van der Waals surface area (Å²) < 4.78 is 4.94. The van der Waals surface area contributed by atoms with Gasteiger partial charge in [0.25, 0.3) is 0 Å². The highest BCUT2D eigenvalue weighted by Crippen LogP contribution is 2.17. The quantitative estimate of drug-likeness (QED) is 0.679. The third kappa shape index (κ3) is 1.71. The van der Waals surface area contributed by atoms with Crippen LogP contribution in [0.25, 0.3) is 0 Å². The van der Waals surface area contributed by atoms with Crippen LogP contribution in [-0.2, 0) is 9.53 Å². The summed E-state index contributed by atoms with van der Waals surface area (Å²) in [5.74, 6) is 0. The molecule has 0 spiro atoms. The van der Waals surface area contributed by atoms with Gasteiger partial charge >= 0.3 is 0 Å². The van der Waals surface area contributed by atoms with Crippen molar-refractivity contribution in [2.45, 2.75) is 13.0 Å². The van der Waals surface area contributed by atoms with E-state index in [1.807, 2.05) is 37.5 Å². The van der Waals surface area contributed by atoms with Crippen LogP contribution in [-0.4, -0.2) is 13.4 Å². The summed E-state index contributed by atoms with van der Waals surface area (Å²) in [4.78, 5) is 10.4. The summed E-state index contributed by atoms with van der Waals surface area (Å²) in [5, 5.41) is 0. The fourth-order valence-corrected chi connectivity index (χ4v) is 1.12. The van der Waals surface area contributed by atoms with Gasteiger partial charge < -0.3 is 4.74 Å². The zero-order chi connectivity index (χ0) is 8.97. The maximum absolute atomic E-state index is 10.4. The van der Waals surface area contributed by atoms with Crippen LogP contribution in [0.3, 0.4) is 0 Å². The first-order valence-corrected chi connectivity index (χ1v) is 3.75. The van der Waals surface area contributed by atoms with Gasteiger partial charge in [0.1, 0.15) is 6.10 Å². The smallest absolute Gasteiger partial charge is 0.234 e. The fourth-order valence-electron chi connectivity index (χ4n) is 1.12. The molecule has 1 radical (unpaired) electrons. The Balaban J connectivity index is 3.00. The molecular weight excluding hydrogens is 152 g/mol. The van der Waals surface area contributed by atoms with Crippen LogP contribution in [0.1, 0.15) is 17.2 Å². The van der Waals surface area contributed by atoms with Crippen molar-refractivity contribution >= 4 is 6.29 Å². The average Bonchev–Trinajstić information content (AvgIpc) is 2.10. The molecule has 1 atom stereocenters. The average molecular weight is 163 g/mol. The minimum Gasteiger partial charge on any atom is -0.368 e. The van der Waals surface area contributed by atoms with Gasteiger partial charge in [0, 0.05) is 7.11 Å². The third-order valence-electron chi connectivity index (χ3n) is 1.81. The summed E-state index contributed by atoms with van der Waals surface area (Å²) in [6.07, 6.45) is 1.29. The Morgan fingerprint density at radius 3 is 2.58 bits per heavy atom. The molecule has 0 saturated heterocycles. The van der Waals surface area contributed by atoms with E-state index in [9.17, 15) is 4.79 Å². The van der Waals surface area contributed by atoms with Crippen molar-refractivity contribution in [3.05, 3.63) is 35.4 Å². The fraction of sp³-hybridized carbons (Fsp3) is 0.300. The van der Waals surface area contributed by atoms with E-state index < -0.39 is 6.10 Å². The Morgan fingerprint density at radius 1 is 1.42 bits per heavy atom. The van der Waals surface area contributed by atoms with E-state index >= 15 is 0 Å². The van der Waals surface area contributed by atoms with Gasteiger partial charge in [0.15, 0.2) is 0 Å². The molecule has 0 unspecified atom stereocenters. The van der Waals surface area contributed by atoms with E-state index in [0.717, 1.165) is 11.1 Å². The number of aryl methyl sites for hydroxylation is 1. The number of ether oxygens (including phenoxy) is 1. The zero-order valence-electron chi connectivity index (χ0n) is 7.20. The van der Waals surface area contributed by atoms with E-state index in [1.165, 1.54) is 7.11 Å². The van der Waals surface area contributed by atoms with Crippen molar-refractivity contribution < 1.29 is 9.53 Å². The number of methoxy groups -OCH3 is 1. The molecule has 2 nitrogen and oxygen atoms in total. The van der Waals surface area contributed by atoms with Gasteiger partial charge in [-0.05, 0) is 18.1 Å². The van der Waals surface area contributed by atoms with Crippen LogP contribution in [0.5, 0.6) is 0 Å². The summed E-state index contributed by atoms with van der Waals surface area (Å²) in [6, 6.07) is 7.62. The highest BCUT2D eigenvalue weighted by molar-refractivity contribution is 5.61. The number of hydrogen-bond donors (Lipinski definition) is 0. The normalized spacial score (nSPS) is 12.5. The number of carbonyl (C=O) groups excluding carboxylic acids is 1. The summed E-state index contributed by atoms with van der Waals surface area (Å²) in [5.41, 5.74) is 1.93. The van der Waals surface area contributed by atoms with Crippen LogP contribution < -0.4 is 0 Å². The van der Waals surface area contributed by atoms with Crippen molar-refractivity contribution in [2.24, 2.45) is 0 Å². The number of rotatable bonds is 3. The summed E-state index contributed by atoms with van der Waals surface area (Å²) >= 11 is 0. The molecule has 0 aliphatic carbocycles. The standard InChI is InChI=1S/C10H11O2/c1-8-5-3-4-6-9(8)10(7-11)12-2/h3-6,10H,1-2H3/t10-/m1/s1. The van der Waals surface area contributed by atoms with Crippen molar-refractivity contribution in [3.8, 4) is 0 Å². The molecule has 0 heterocycles. The second-order valence-corrected chi connectivity index (χ2v) is 2.59. The van der Waals surface area contributed by atoms with Crippen LogP contribution in [0.15, 0.2) is 24.3 Å². The Hall–Kier alpha value is -1.15. The minimum absolute atomic E-state index is 0.550. The lowest BCUT2D eigenvalue weighted by Crippen LogP contribution is -2.03. The second-order valence-electron chi connectivity index (χ2n) is 2.59. The first-order chi connectivity index (χ1) is 5.79. The van der Waals surface area contributed by atoms with Gasteiger partial charge in [0.05, 0.1) is 0 Å². The van der Waals surface area contributed by atoms with E-state index in [0.29, 0.717) is 0 Å². The number of hydrogen-bond acceptors (Lipinski definition) is 2. The predicted molar refractivity (Wildman–Crippen MR) is 46.6 cm³/mol. The van der Waals surface area contributed by atoms with E-state index in [1.54, 1.807) is 0 Å². The Kier molecular flexibility index (Phi) is 3.00. The molecule has 0 fully saturated rings. The molecule has 0 aromatic heterocycles. The predicted octanol–water partition coefficient (Wildman–Crippen LogP) is 1.79. The van der Waals surface area contributed by atoms with Gasteiger partial charge in [-0.1, -0.05) is 24.3 Å². The maximum Gasteiger partial charge on any atom is 0.234 e. The van der Waals surface area contributed by atoms with Crippen molar-refractivity contribution in [2.75, 3.05) is 7.11 Å². The molecule has 0 amide bonds. The van der Waals surface area contributed by atoms with Gasteiger partial charge in [-0.2, -0.15) is 0 Å². The maximum atomic E-state index is 10.4. The van der Waals surface area contributed by atoms with Crippen molar-refractivity contribution in [1.29, 1.82) is 0 Å². The lowest BCUT2D eigenvalue weighted by Gasteiger charge is -2.09. The van der Waals surface area contributed by atoms with Crippen molar-refractivity contribution in [1.82, 2.24) is 0 Å². The lowest BCUT2D eigenvalue weighted by atomic mass is 10.0.